The van der Waals surface area contributed by atoms with Crippen molar-refractivity contribution in [1.82, 2.24) is 0 Å². The molecular formula is C41H71NO11. The van der Waals surface area contributed by atoms with E-state index in [0.29, 0.717) is 19.4 Å². The fourth-order valence-electron chi connectivity index (χ4n) is 10.8. The molecule has 12 nitrogen and oxygen atoms in total. The van der Waals surface area contributed by atoms with Crippen LogP contribution in [0.4, 0.5) is 0 Å². The zero-order chi connectivity index (χ0) is 39.1. The smallest absolute Gasteiger partial charge is 0.311 e. The third kappa shape index (κ3) is 8.22. The van der Waals surface area contributed by atoms with Crippen LogP contribution in [0.2, 0.25) is 0 Å². The Morgan fingerprint density at radius 1 is 0.962 bits per heavy atom. The van der Waals surface area contributed by atoms with Crippen molar-refractivity contribution >= 4 is 11.9 Å². The monoisotopic (exact) mass is 754 g/mol. The highest BCUT2D eigenvalue weighted by atomic mass is 16.7. The van der Waals surface area contributed by atoms with Gasteiger partial charge in [0.25, 0.3) is 0 Å². The van der Waals surface area contributed by atoms with Gasteiger partial charge in [0.15, 0.2) is 5.79 Å². The molecular weight excluding hydrogens is 682 g/mol. The van der Waals surface area contributed by atoms with Gasteiger partial charge in [0.1, 0.15) is 6.61 Å². The van der Waals surface area contributed by atoms with Crippen molar-refractivity contribution in [2.75, 3.05) is 27.4 Å². The van der Waals surface area contributed by atoms with Crippen LogP contribution in [0.1, 0.15) is 121 Å². The Kier molecular flexibility index (Phi) is 13.4. The Balaban J connectivity index is 1.29. The fourth-order valence-corrected chi connectivity index (χ4v) is 10.8. The van der Waals surface area contributed by atoms with Gasteiger partial charge in [0.2, 0.25) is 5.79 Å². The molecule has 0 saturated carbocycles. The third-order valence-electron chi connectivity index (χ3n) is 13.9. The first kappa shape index (κ1) is 42.8. The summed E-state index contributed by atoms with van der Waals surface area (Å²) < 4.78 is 57.8. The van der Waals surface area contributed by atoms with Crippen molar-refractivity contribution in [3.63, 3.8) is 0 Å². The predicted octanol–water partition coefficient (Wildman–Crippen LogP) is 5.94. The van der Waals surface area contributed by atoms with Crippen molar-refractivity contribution in [3.05, 3.63) is 0 Å². The lowest BCUT2D eigenvalue weighted by Crippen LogP contribution is -2.59. The number of carbonyl (C=O) groups is 2. The molecule has 0 amide bonds. The minimum absolute atomic E-state index is 0.0393. The topological polar surface area (TPSA) is 143 Å². The van der Waals surface area contributed by atoms with E-state index in [1.165, 1.54) is 14.0 Å². The van der Waals surface area contributed by atoms with Gasteiger partial charge in [-0.15, -0.1) is 0 Å². The molecule has 0 aromatic heterocycles. The molecule has 5 heterocycles. The summed E-state index contributed by atoms with van der Waals surface area (Å²) in [4.78, 5) is 24.3. The molecule has 53 heavy (non-hydrogen) atoms. The van der Waals surface area contributed by atoms with E-state index in [1.54, 1.807) is 7.11 Å². The summed E-state index contributed by atoms with van der Waals surface area (Å²) in [6.07, 6.45) is 5.06. The Morgan fingerprint density at radius 2 is 1.68 bits per heavy atom. The first-order valence-electron chi connectivity index (χ1n) is 20.5. The van der Waals surface area contributed by atoms with Crippen LogP contribution in [-0.2, 0) is 52.2 Å². The van der Waals surface area contributed by atoms with Crippen LogP contribution in [-0.4, -0.2) is 105 Å². The summed E-state index contributed by atoms with van der Waals surface area (Å²) in [6.45, 7) is 20.8. The molecule has 0 bridgehead atoms. The zero-order valence-corrected chi connectivity index (χ0v) is 34.6. The van der Waals surface area contributed by atoms with Crippen LogP contribution in [0, 0.1) is 35.5 Å². The minimum atomic E-state index is -1.01. The molecule has 17 atom stereocenters. The largest absolute Gasteiger partial charge is 0.469 e. The second-order valence-corrected chi connectivity index (χ2v) is 17.6. The molecule has 1 spiro atoms. The minimum Gasteiger partial charge on any atom is -0.469 e. The Labute approximate surface area is 318 Å². The number of ether oxygens (including phenoxy) is 9. The van der Waals surface area contributed by atoms with Gasteiger partial charge < -0.3 is 48.4 Å². The van der Waals surface area contributed by atoms with Crippen LogP contribution in [0.5, 0.6) is 0 Å². The summed E-state index contributed by atoms with van der Waals surface area (Å²) in [5.41, 5.74) is 5.81. The van der Waals surface area contributed by atoms with E-state index in [4.69, 9.17) is 48.4 Å². The summed E-state index contributed by atoms with van der Waals surface area (Å²) in [7, 11) is 3.03. The highest BCUT2D eigenvalue weighted by Gasteiger charge is 2.62. The Bertz CT molecular complexity index is 1270. The number of hydrogen-bond donors (Lipinski definition) is 1. The molecule has 0 unspecified atom stereocenters. The first-order valence-corrected chi connectivity index (χ1v) is 20.5. The average molecular weight is 754 g/mol. The normalized spacial score (nSPS) is 46.3. The lowest BCUT2D eigenvalue weighted by atomic mass is 9.77. The Morgan fingerprint density at radius 3 is 2.30 bits per heavy atom. The van der Waals surface area contributed by atoms with E-state index < -0.39 is 34.8 Å². The van der Waals surface area contributed by atoms with E-state index >= 15 is 0 Å². The molecule has 306 valence electrons. The van der Waals surface area contributed by atoms with Crippen LogP contribution >= 0.6 is 0 Å². The number of nitrogens with two attached hydrogens (primary N) is 1. The number of rotatable bonds is 13. The van der Waals surface area contributed by atoms with Gasteiger partial charge >= 0.3 is 11.9 Å². The van der Waals surface area contributed by atoms with E-state index in [0.717, 1.165) is 38.5 Å². The lowest BCUT2D eigenvalue weighted by Gasteiger charge is -2.49. The quantitative estimate of drug-likeness (QED) is 0.222. The molecule has 0 aromatic rings. The van der Waals surface area contributed by atoms with Crippen molar-refractivity contribution in [2.24, 2.45) is 41.2 Å². The summed E-state index contributed by atoms with van der Waals surface area (Å²) in [6, 6.07) is -0.142. The maximum atomic E-state index is 12.5. The lowest BCUT2D eigenvalue weighted by molar-refractivity contribution is -0.340. The zero-order valence-electron chi connectivity index (χ0n) is 34.6. The standard InChI is InChI=1S/C41H71NO11/c1-13-39(36-24(4)20-31(49-36)33-23(3)19-25(5)41(52-33,48-14-2)22-47-29(9)43)16-15-32(50-39)38(10)17-18-40(53-38)21-30(42)26(6)35(51-40)27(7)34(45-11)28(8)37(44)46-12/h23-28,30-36H,13-22,42H2,1-12H3/t23-,24-,25+,26+,27-,28-,30-,31+,32+,33-,34+,35-,36+,38+,39+,40+,41-/m0/s1. The first-order chi connectivity index (χ1) is 24.9. The number of hydrogen-bond acceptors (Lipinski definition) is 12. The maximum Gasteiger partial charge on any atom is 0.311 e. The van der Waals surface area contributed by atoms with Gasteiger partial charge in [0, 0.05) is 51.4 Å². The third-order valence-corrected chi connectivity index (χ3v) is 13.9. The molecule has 5 rings (SSSR count). The summed E-state index contributed by atoms with van der Waals surface area (Å²) in [5, 5.41) is 0. The molecule has 5 aliphatic heterocycles. The number of carbonyl (C=O) groups excluding carboxylic acids is 2. The van der Waals surface area contributed by atoms with Crippen LogP contribution in [0.25, 0.3) is 0 Å². The molecule has 5 aliphatic rings. The van der Waals surface area contributed by atoms with E-state index in [9.17, 15) is 9.59 Å². The summed E-state index contributed by atoms with van der Waals surface area (Å²) in [5.74, 6) is -2.54. The van der Waals surface area contributed by atoms with E-state index in [1.807, 2.05) is 13.8 Å². The molecule has 0 radical (unpaired) electrons. The van der Waals surface area contributed by atoms with Crippen molar-refractivity contribution in [2.45, 2.75) is 186 Å². The SMILES string of the molecule is CCO[C@@]1(COC(C)=O)O[C@H]([C@H]2C[C@H](C)[C@H]([C@@]3(CC)CC[C@H]([C@@]4(C)CC[C@]5(C[C@H](N)[C@@H](C)[C@@H]([C@@H](C)[C@@H](OC)[C@H](C)C(=O)OC)O5)O4)O3)O2)[C@@H](C)C[C@H]1C. The molecule has 0 aliphatic carbocycles. The van der Waals surface area contributed by atoms with Crippen LogP contribution in [0.15, 0.2) is 0 Å². The molecule has 5 fully saturated rings. The van der Waals surface area contributed by atoms with E-state index in [2.05, 4.69) is 48.5 Å². The highest BCUT2D eigenvalue weighted by molar-refractivity contribution is 5.72. The highest BCUT2D eigenvalue weighted by Crippen LogP contribution is 2.55. The van der Waals surface area contributed by atoms with Gasteiger partial charge in [-0.1, -0.05) is 41.5 Å². The van der Waals surface area contributed by atoms with Gasteiger partial charge in [0.05, 0.1) is 60.9 Å². The average Bonchev–Trinajstić information content (AvgIpc) is 3.83. The van der Waals surface area contributed by atoms with Gasteiger partial charge in [-0.25, -0.2) is 0 Å². The van der Waals surface area contributed by atoms with Crippen LogP contribution in [0.3, 0.4) is 0 Å². The molecule has 5 saturated heterocycles. The summed E-state index contributed by atoms with van der Waals surface area (Å²) >= 11 is 0. The van der Waals surface area contributed by atoms with Crippen molar-refractivity contribution < 1.29 is 52.2 Å². The maximum absolute atomic E-state index is 12.5. The van der Waals surface area contributed by atoms with Gasteiger partial charge in [-0.05, 0) is 77.0 Å². The van der Waals surface area contributed by atoms with E-state index in [-0.39, 0.29) is 84.7 Å². The Hall–Kier alpha value is -1.38. The van der Waals surface area contributed by atoms with Gasteiger partial charge in [-0.2, -0.15) is 0 Å². The van der Waals surface area contributed by atoms with Crippen LogP contribution < -0.4 is 5.73 Å². The number of methoxy groups -OCH3 is 2. The second-order valence-electron chi connectivity index (χ2n) is 17.6. The van der Waals surface area contributed by atoms with Gasteiger partial charge in [-0.3, -0.25) is 9.59 Å². The molecule has 2 N–H and O–H groups in total. The molecule has 12 heteroatoms. The number of esters is 2. The fraction of sp³-hybridized carbons (Fsp3) is 0.951. The second kappa shape index (κ2) is 16.6. The molecule has 0 aromatic carbocycles. The predicted molar refractivity (Wildman–Crippen MR) is 198 cm³/mol. The van der Waals surface area contributed by atoms with Crippen molar-refractivity contribution in [3.8, 4) is 0 Å². The van der Waals surface area contributed by atoms with Crippen molar-refractivity contribution in [1.29, 1.82) is 0 Å².